The van der Waals surface area contributed by atoms with Gasteiger partial charge >= 0.3 is 5.97 Å². The number of carbonyl (C=O) groups excluding carboxylic acids is 2. The Morgan fingerprint density at radius 2 is 1.82 bits per heavy atom. The summed E-state index contributed by atoms with van der Waals surface area (Å²) < 4.78 is 10.6. The Morgan fingerprint density at radius 3 is 2.58 bits per heavy atom. The lowest BCUT2D eigenvalue weighted by atomic mass is 10.1. The molecule has 2 aromatic carbocycles. The minimum absolute atomic E-state index is 0.0229. The first-order valence-corrected chi connectivity index (χ1v) is 12.8. The van der Waals surface area contributed by atoms with Crippen molar-refractivity contribution in [2.24, 2.45) is 0 Å². The third kappa shape index (κ3) is 9.10. The number of esters is 1. The van der Waals surface area contributed by atoms with E-state index in [1.54, 1.807) is 23.9 Å². The van der Waals surface area contributed by atoms with Crippen LogP contribution in [0.25, 0.3) is 0 Å². The van der Waals surface area contributed by atoms with E-state index in [-0.39, 0.29) is 11.9 Å². The molecule has 6 nitrogen and oxygen atoms in total. The molecule has 7 heteroatoms. The molecule has 0 unspecified atom stereocenters. The van der Waals surface area contributed by atoms with Crippen molar-refractivity contribution in [2.75, 3.05) is 39.1 Å². The maximum Gasteiger partial charge on any atom is 0.337 e. The number of hydrogen-bond donors (Lipinski definition) is 1. The van der Waals surface area contributed by atoms with Crippen molar-refractivity contribution < 1.29 is 19.1 Å². The molecule has 1 saturated heterocycles. The largest absolute Gasteiger partial charge is 0.494 e. The zero-order valence-electron chi connectivity index (χ0n) is 19.4. The first-order valence-electron chi connectivity index (χ1n) is 11.6. The van der Waals surface area contributed by atoms with Crippen LogP contribution in [0.5, 0.6) is 5.75 Å². The molecule has 1 N–H and O–H groups in total. The molecular weight excluding hydrogens is 436 g/mol. The smallest absolute Gasteiger partial charge is 0.337 e. The number of piperidine rings is 1. The van der Waals surface area contributed by atoms with Crippen molar-refractivity contribution in [3.05, 3.63) is 65.2 Å². The molecule has 0 aliphatic carbocycles. The molecular formula is C26H34N2O4S. The summed E-state index contributed by atoms with van der Waals surface area (Å²) in [5, 5.41) is 2.94. The molecule has 0 saturated carbocycles. The number of likely N-dealkylation sites (tertiary alicyclic amines) is 1. The second-order valence-corrected chi connectivity index (χ2v) is 9.20. The number of nitrogens with zero attached hydrogens (tertiary/aromatic N) is 1. The van der Waals surface area contributed by atoms with Gasteiger partial charge in [-0.1, -0.05) is 30.7 Å². The summed E-state index contributed by atoms with van der Waals surface area (Å²) in [4.78, 5) is 26.0. The topological polar surface area (TPSA) is 67.9 Å². The Hall–Kier alpha value is -2.51. The van der Waals surface area contributed by atoms with Gasteiger partial charge in [0.05, 0.1) is 25.0 Å². The summed E-state index contributed by atoms with van der Waals surface area (Å²) in [6.45, 7) is 4.53. The standard InChI is InChI=1S/C26H34N2O4S/c1-31-26(30)23-11-9-21(10-12-23)19-33-20-25(29)27-13-6-16-32-24-8-5-7-22(17-24)18-28-14-3-2-4-15-28/h5,7-12,17H,2-4,6,13-16,18-20H2,1H3,(H,27,29). The maximum absolute atomic E-state index is 12.0. The van der Waals surface area contributed by atoms with Crippen molar-refractivity contribution in [3.8, 4) is 5.75 Å². The Bertz CT molecular complexity index is 882. The number of methoxy groups -OCH3 is 1. The average molecular weight is 471 g/mol. The van der Waals surface area contributed by atoms with E-state index < -0.39 is 0 Å². The van der Waals surface area contributed by atoms with Gasteiger partial charge < -0.3 is 14.8 Å². The molecule has 1 aliphatic rings. The Balaban J connectivity index is 1.26. The van der Waals surface area contributed by atoms with E-state index in [4.69, 9.17) is 9.47 Å². The highest BCUT2D eigenvalue weighted by Gasteiger charge is 2.11. The predicted molar refractivity (Wildman–Crippen MR) is 133 cm³/mol. The van der Waals surface area contributed by atoms with E-state index in [2.05, 4.69) is 28.4 Å². The van der Waals surface area contributed by atoms with Gasteiger partial charge in [0.1, 0.15) is 5.75 Å². The number of benzene rings is 2. The number of nitrogens with one attached hydrogen (secondary N) is 1. The Labute approximate surface area is 201 Å². The molecule has 0 radical (unpaired) electrons. The van der Waals surface area contributed by atoms with Gasteiger partial charge in [0, 0.05) is 18.8 Å². The highest BCUT2D eigenvalue weighted by molar-refractivity contribution is 7.99. The van der Waals surface area contributed by atoms with Gasteiger partial charge in [-0.15, -0.1) is 11.8 Å². The monoisotopic (exact) mass is 470 g/mol. The first-order chi connectivity index (χ1) is 16.1. The highest BCUT2D eigenvalue weighted by atomic mass is 32.2. The molecule has 1 heterocycles. The van der Waals surface area contributed by atoms with Crippen molar-refractivity contribution in [1.82, 2.24) is 10.2 Å². The minimum Gasteiger partial charge on any atom is -0.494 e. The van der Waals surface area contributed by atoms with E-state index in [0.29, 0.717) is 30.2 Å². The average Bonchev–Trinajstić information content (AvgIpc) is 2.84. The number of hydrogen-bond acceptors (Lipinski definition) is 6. The number of thioether (sulfide) groups is 1. The quantitative estimate of drug-likeness (QED) is 0.369. The van der Waals surface area contributed by atoms with E-state index in [1.165, 1.54) is 45.0 Å². The van der Waals surface area contributed by atoms with Gasteiger partial charge in [0.2, 0.25) is 5.91 Å². The molecule has 1 fully saturated rings. The van der Waals surface area contributed by atoms with Gasteiger partial charge in [-0.25, -0.2) is 4.79 Å². The summed E-state index contributed by atoms with van der Waals surface area (Å²) in [5.74, 6) is 1.69. The summed E-state index contributed by atoms with van der Waals surface area (Å²) in [7, 11) is 1.37. The van der Waals surface area contributed by atoms with Crippen LogP contribution in [-0.4, -0.2) is 55.9 Å². The van der Waals surface area contributed by atoms with Crippen LogP contribution in [0.3, 0.4) is 0 Å². The second-order valence-electron chi connectivity index (χ2n) is 8.22. The van der Waals surface area contributed by atoms with E-state index >= 15 is 0 Å². The number of ether oxygens (including phenoxy) is 2. The number of rotatable bonds is 12. The Kier molecular flexibility index (Phi) is 10.6. The lowest BCUT2D eigenvalue weighted by Gasteiger charge is -2.26. The summed E-state index contributed by atoms with van der Waals surface area (Å²) in [6.07, 6.45) is 4.71. The molecule has 2 aromatic rings. The van der Waals surface area contributed by atoms with Crippen LogP contribution in [0.1, 0.15) is 47.2 Å². The first kappa shape index (κ1) is 25.1. The van der Waals surface area contributed by atoms with Crippen LogP contribution < -0.4 is 10.1 Å². The third-order valence-electron chi connectivity index (χ3n) is 5.54. The summed E-state index contributed by atoms with van der Waals surface area (Å²) >= 11 is 1.55. The van der Waals surface area contributed by atoms with Gasteiger partial charge in [0.25, 0.3) is 0 Å². The number of amides is 1. The van der Waals surface area contributed by atoms with Gasteiger partial charge in [-0.3, -0.25) is 9.69 Å². The van der Waals surface area contributed by atoms with Crippen LogP contribution in [0, 0.1) is 0 Å². The predicted octanol–water partition coefficient (Wildman–Crippen LogP) is 4.28. The van der Waals surface area contributed by atoms with Crippen LogP contribution in [0.4, 0.5) is 0 Å². The fourth-order valence-electron chi connectivity index (χ4n) is 3.77. The van der Waals surface area contributed by atoms with Crippen LogP contribution in [0.15, 0.2) is 48.5 Å². The maximum atomic E-state index is 12.0. The molecule has 3 rings (SSSR count). The van der Waals surface area contributed by atoms with E-state index in [1.807, 2.05) is 18.2 Å². The van der Waals surface area contributed by atoms with Crippen molar-refractivity contribution in [2.45, 2.75) is 38.0 Å². The van der Waals surface area contributed by atoms with Gasteiger partial charge in [-0.2, -0.15) is 0 Å². The lowest BCUT2D eigenvalue weighted by Crippen LogP contribution is -2.29. The Morgan fingerprint density at radius 1 is 1.03 bits per heavy atom. The van der Waals surface area contributed by atoms with E-state index in [9.17, 15) is 9.59 Å². The van der Waals surface area contributed by atoms with Crippen molar-refractivity contribution in [3.63, 3.8) is 0 Å². The molecule has 1 aliphatic heterocycles. The van der Waals surface area contributed by atoms with Crippen molar-refractivity contribution >= 4 is 23.6 Å². The zero-order valence-corrected chi connectivity index (χ0v) is 20.2. The van der Waals surface area contributed by atoms with Crippen LogP contribution in [-0.2, 0) is 21.8 Å². The lowest BCUT2D eigenvalue weighted by molar-refractivity contribution is -0.118. The van der Waals surface area contributed by atoms with Crippen molar-refractivity contribution in [1.29, 1.82) is 0 Å². The SMILES string of the molecule is COC(=O)c1ccc(CSCC(=O)NCCCOc2cccc(CN3CCCCC3)c2)cc1. The van der Waals surface area contributed by atoms with Crippen LogP contribution >= 0.6 is 11.8 Å². The zero-order chi connectivity index (χ0) is 23.3. The van der Waals surface area contributed by atoms with Gasteiger partial charge in [0.15, 0.2) is 0 Å². The fourth-order valence-corrected chi connectivity index (χ4v) is 4.58. The van der Waals surface area contributed by atoms with Crippen LogP contribution in [0.2, 0.25) is 0 Å². The molecule has 1 amide bonds. The number of carbonyl (C=O) groups is 2. The molecule has 178 valence electrons. The molecule has 0 aromatic heterocycles. The minimum atomic E-state index is -0.345. The van der Waals surface area contributed by atoms with E-state index in [0.717, 1.165) is 24.3 Å². The summed E-state index contributed by atoms with van der Waals surface area (Å²) in [5.41, 5.74) is 2.89. The normalized spacial score (nSPS) is 14.0. The molecule has 33 heavy (non-hydrogen) atoms. The second kappa shape index (κ2) is 13.9. The third-order valence-corrected chi connectivity index (χ3v) is 6.55. The van der Waals surface area contributed by atoms with Gasteiger partial charge in [-0.05, 0) is 67.7 Å². The summed E-state index contributed by atoms with van der Waals surface area (Å²) in [6, 6.07) is 15.6. The molecule has 0 atom stereocenters. The fraction of sp³-hybridized carbons (Fsp3) is 0.462. The molecule has 0 bridgehead atoms. The molecule has 0 spiro atoms. The highest BCUT2D eigenvalue weighted by Crippen LogP contribution is 2.18.